The number of halogens is 2. The van der Waals surface area contributed by atoms with E-state index >= 15 is 0 Å². The predicted octanol–water partition coefficient (Wildman–Crippen LogP) is 5.52. The molecule has 3 aromatic rings. The van der Waals surface area contributed by atoms with E-state index in [1.54, 1.807) is 46.2 Å². The minimum atomic E-state index is -0.672. The summed E-state index contributed by atoms with van der Waals surface area (Å²) in [7, 11) is 4.51. The van der Waals surface area contributed by atoms with Gasteiger partial charge in [0, 0.05) is 29.4 Å². The number of β-lactam (4-membered cyclic amide) rings is 1. The van der Waals surface area contributed by atoms with Crippen molar-refractivity contribution in [2.45, 2.75) is 18.9 Å². The topological polar surface area (TPSA) is 68.3 Å². The molecule has 0 aliphatic carbocycles. The molecule has 1 unspecified atom stereocenters. The van der Waals surface area contributed by atoms with Crippen molar-refractivity contribution in [1.82, 2.24) is 4.90 Å². The number of hydrogen-bond acceptors (Lipinski definition) is 5. The molecule has 2 fully saturated rings. The molecule has 7 nitrogen and oxygen atoms in total. The molecule has 0 N–H and O–H groups in total. The molecule has 1 atom stereocenters. The van der Waals surface area contributed by atoms with Crippen molar-refractivity contribution in [2.24, 2.45) is 5.41 Å². The summed E-state index contributed by atoms with van der Waals surface area (Å²) in [6.07, 6.45) is 0.986. The molecule has 2 aliphatic heterocycles. The van der Waals surface area contributed by atoms with Crippen LogP contribution < -0.4 is 19.1 Å². The molecule has 198 valence electrons. The highest BCUT2D eigenvalue weighted by atomic mass is 35.5. The Morgan fingerprint density at radius 3 is 2.03 bits per heavy atom. The molecule has 0 radical (unpaired) electrons. The lowest BCUT2D eigenvalue weighted by atomic mass is 9.62. The van der Waals surface area contributed by atoms with E-state index in [2.05, 4.69) is 0 Å². The Labute approximate surface area is 225 Å². The predicted molar refractivity (Wildman–Crippen MR) is 142 cm³/mol. The van der Waals surface area contributed by atoms with E-state index in [1.807, 2.05) is 12.1 Å². The van der Waals surface area contributed by atoms with E-state index in [-0.39, 0.29) is 23.7 Å². The van der Waals surface area contributed by atoms with Gasteiger partial charge in [-0.15, -0.1) is 0 Å². The Morgan fingerprint density at radius 2 is 1.50 bits per heavy atom. The molecular formula is C29H28ClFN2O5. The van der Waals surface area contributed by atoms with Gasteiger partial charge in [0.15, 0.2) is 11.5 Å². The number of amides is 2. The monoisotopic (exact) mass is 538 g/mol. The van der Waals surface area contributed by atoms with E-state index in [9.17, 15) is 14.0 Å². The van der Waals surface area contributed by atoms with Crippen molar-refractivity contribution in [2.75, 3.05) is 39.3 Å². The van der Waals surface area contributed by atoms with Crippen LogP contribution in [0.2, 0.25) is 5.02 Å². The molecule has 1 spiro atoms. The van der Waals surface area contributed by atoms with Gasteiger partial charge in [0.1, 0.15) is 5.82 Å². The van der Waals surface area contributed by atoms with Gasteiger partial charge < -0.3 is 24.0 Å². The minimum Gasteiger partial charge on any atom is -0.493 e. The summed E-state index contributed by atoms with van der Waals surface area (Å²) in [4.78, 5) is 30.7. The lowest BCUT2D eigenvalue weighted by molar-refractivity contribution is -0.144. The first-order chi connectivity index (χ1) is 18.3. The third-order valence-corrected chi connectivity index (χ3v) is 7.82. The van der Waals surface area contributed by atoms with Gasteiger partial charge in [-0.05, 0) is 66.9 Å². The zero-order valence-electron chi connectivity index (χ0n) is 21.4. The van der Waals surface area contributed by atoms with Crippen molar-refractivity contribution >= 4 is 29.1 Å². The van der Waals surface area contributed by atoms with Crippen LogP contribution in [0.3, 0.4) is 0 Å². The first kappa shape index (κ1) is 25.9. The molecule has 2 amide bonds. The smallest absolute Gasteiger partial charge is 0.254 e. The van der Waals surface area contributed by atoms with Crippen molar-refractivity contribution in [1.29, 1.82) is 0 Å². The number of ether oxygens (including phenoxy) is 3. The second-order valence-corrected chi connectivity index (χ2v) is 9.90. The number of likely N-dealkylation sites (tertiary alicyclic amines) is 1. The van der Waals surface area contributed by atoms with E-state index in [1.165, 1.54) is 33.5 Å². The first-order valence-electron chi connectivity index (χ1n) is 12.3. The molecule has 3 aromatic carbocycles. The summed E-state index contributed by atoms with van der Waals surface area (Å²) < 4.78 is 29.8. The largest absolute Gasteiger partial charge is 0.493 e. The summed E-state index contributed by atoms with van der Waals surface area (Å²) in [5.74, 6) is 0.647. The van der Waals surface area contributed by atoms with Crippen molar-refractivity contribution in [3.63, 3.8) is 0 Å². The molecule has 2 heterocycles. The number of carbonyl (C=O) groups is 2. The SMILES string of the molecule is COc1cc(C(=O)N2CCC3(CC2)C(=O)N(c2ccc(F)cc2)C3c2ccc(Cl)cc2)cc(OC)c1OC. The fraction of sp³-hybridized carbons (Fsp3) is 0.310. The Hall–Kier alpha value is -3.78. The summed E-state index contributed by atoms with van der Waals surface area (Å²) in [6.45, 7) is 0.811. The summed E-state index contributed by atoms with van der Waals surface area (Å²) >= 11 is 6.14. The number of piperidine rings is 1. The molecule has 0 aromatic heterocycles. The van der Waals surface area contributed by atoms with Crippen molar-refractivity contribution in [3.8, 4) is 17.2 Å². The van der Waals surface area contributed by atoms with Crippen LogP contribution in [-0.2, 0) is 4.79 Å². The van der Waals surface area contributed by atoms with Crippen LogP contribution in [0.5, 0.6) is 17.2 Å². The third-order valence-electron chi connectivity index (χ3n) is 7.57. The van der Waals surface area contributed by atoms with Crippen LogP contribution in [-0.4, -0.2) is 51.1 Å². The Kier molecular flexibility index (Phi) is 6.92. The maximum atomic E-state index is 13.7. The normalized spacial score (nSPS) is 18.2. The average Bonchev–Trinajstić information content (AvgIpc) is 2.95. The molecule has 0 saturated carbocycles. The number of hydrogen-bond donors (Lipinski definition) is 0. The number of rotatable bonds is 6. The Morgan fingerprint density at radius 1 is 0.921 bits per heavy atom. The number of carbonyl (C=O) groups excluding carboxylic acids is 2. The van der Waals surface area contributed by atoms with Crippen LogP contribution in [0, 0.1) is 11.2 Å². The molecule has 2 saturated heterocycles. The van der Waals surface area contributed by atoms with Gasteiger partial charge >= 0.3 is 0 Å². The Balaban J connectivity index is 1.41. The van der Waals surface area contributed by atoms with E-state index in [4.69, 9.17) is 25.8 Å². The molecular weight excluding hydrogens is 511 g/mol. The van der Waals surface area contributed by atoms with Gasteiger partial charge in [-0.1, -0.05) is 23.7 Å². The van der Waals surface area contributed by atoms with Crippen LogP contribution in [0.25, 0.3) is 0 Å². The van der Waals surface area contributed by atoms with Gasteiger partial charge in [-0.2, -0.15) is 0 Å². The highest BCUT2D eigenvalue weighted by Crippen LogP contribution is 2.57. The molecule has 9 heteroatoms. The van der Waals surface area contributed by atoms with Crippen LogP contribution in [0.15, 0.2) is 60.7 Å². The van der Waals surface area contributed by atoms with Crippen molar-refractivity contribution < 1.29 is 28.2 Å². The molecule has 5 rings (SSSR count). The van der Waals surface area contributed by atoms with Gasteiger partial charge in [-0.3, -0.25) is 9.59 Å². The van der Waals surface area contributed by atoms with E-state index < -0.39 is 5.41 Å². The highest BCUT2D eigenvalue weighted by molar-refractivity contribution is 6.30. The number of nitrogens with zero attached hydrogens (tertiary/aromatic N) is 2. The lowest BCUT2D eigenvalue weighted by Gasteiger charge is -2.59. The van der Waals surface area contributed by atoms with Crippen LogP contribution in [0.4, 0.5) is 10.1 Å². The maximum Gasteiger partial charge on any atom is 0.254 e. The average molecular weight is 539 g/mol. The number of methoxy groups -OCH3 is 3. The Bertz CT molecular complexity index is 1330. The zero-order chi connectivity index (χ0) is 27.0. The van der Waals surface area contributed by atoms with Gasteiger partial charge in [0.25, 0.3) is 5.91 Å². The molecule has 38 heavy (non-hydrogen) atoms. The molecule has 0 bridgehead atoms. The fourth-order valence-electron chi connectivity index (χ4n) is 5.62. The van der Waals surface area contributed by atoms with Gasteiger partial charge in [0.05, 0.1) is 32.8 Å². The van der Waals surface area contributed by atoms with Crippen LogP contribution >= 0.6 is 11.6 Å². The van der Waals surface area contributed by atoms with E-state index in [0.717, 1.165) is 5.56 Å². The number of benzene rings is 3. The van der Waals surface area contributed by atoms with Crippen LogP contribution in [0.1, 0.15) is 34.8 Å². The second kappa shape index (κ2) is 10.2. The van der Waals surface area contributed by atoms with E-state index in [0.29, 0.717) is 59.5 Å². The van der Waals surface area contributed by atoms with Gasteiger partial charge in [-0.25, -0.2) is 4.39 Å². The summed E-state index contributed by atoms with van der Waals surface area (Å²) in [5.41, 5.74) is 1.33. The van der Waals surface area contributed by atoms with Crippen molar-refractivity contribution in [3.05, 3.63) is 82.6 Å². The second-order valence-electron chi connectivity index (χ2n) is 9.47. The zero-order valence-corrected chi connectivity index (χ0v) is 22.1. The maximum absolute atomic E-state index is 13.7. The first-order valence-corrected chi connectivity index (χ1v) is 12.6. The quantitative estimate of drug-likeness (QED) is 0.387. The van der Waals surface area contributed by atoms with Gasteiger partial charge in [0.2, 0.25) is 11.7 Å². The molecule has 2 aliphatic rings. The fourth-order valence-corrected chi connectivity index (χ4v) is 5.75. The highest BCUT2D eigenvalue weighted by Gasteiger charge is 2.62. The number of anilines is 1. The third kappa shape index (κ3) is 4.22. The minimum absolute atomic E-state index is 0.0241. The summed E-state index contributed by atoms with van der Waals surface area (Å²) in [5, 5.41) is 0.604. The summed E-state index contributed by atoms with van der Waals surface area (Å²) in [6, 6.07) is 16.4. The lowest BCUT2D eigenvalue weighted by Crippen LogP contribution is -2.67. The standard InChI is InChI=1S/C29H28ClFN2O5/c1-36-23-16-19(17-24(37-2)25(23)38-3)27(34)32-14-12-29(13-15-32)26(18-4-6-20(30)7-5-18)33(28(29)35)22-10-8-21(31)9-11-22/h4-11,16-17,26H,12-15H2,1-3H3.